The van der Waals surface area contributed by atoms with Gasteiger partial charge in [0.2, 0.25) is 0 Å². The van der Waals surface area contributed by atoms with Gasteiger partial charge in [0.15, 0.2) is 0 Å². The third kappa shape index (κ3) is 4.85. The minimum atomic E-state index is -0.793. The van der Waals surface area contributed by atoms with E-state index < -0.39 is 17.7 Å². The van der Waals surface area contributed by atoms with Crippen LogP contribution in [0, 0.1) is 13.8 Å². The number of rotatable bonds is 8. The summed E-state index contributed by atoms with van der Waals surface area (Å²) in [6, 6.07) is 19.2. The van der Waals surface area contributed by atoms with Gasteiger partial charge in [-0.15, -0.1) is 0 Å². The Kier molecular flexibility index (Phi) is 7.44. The topological polar surface area (TPSA) is 76.1 Å². The SMILES string of the molecule is CCCOc1ccc(/C(O)=C2\C(=O)C(=O)N(c3cccc(OCC)c3)C2c2cccc(C)c2)cc1C. The molecule has 1 amide bonds. The number of hydrogen-bond acceptors (Lipinski definition) is 5. The molecule has 4 rings (SSSR count). The van der Waals surface area contributed by atoms with Gasteiger partial charge in [-0.3, -0.25) is 14.5 Å². The predicted octanol–water partition coefficient (Wildman–Crippen LogP) is 6.12. The molecule has 0 radical (unpaired) electrons. The zero-order chi connectivity index (χ0) is 25.8. The Morgan fingerprint density at radius 3 is 2.42 bits per heavy atom. The first kappa shape index (κ1) is 25.0. The number of aliphatic hydroxyl groups excluding tert-OH is 1. The van der Waals surface area contributed by atoms with Crippen molar-refractivity contribution in [2.24, 2.45) is 0 Å². The number of anilines is 1. The zero-order valence-electron chi connectivity index (χ0n) is 21.1. The van der Waals surface area contributed by atoms with Crippen LogP contribution in [0.25, 0.3) is 5.76 Å². The minimum absolute atomic E-state index is 0.0500. The molecular weight excluding hydrogens is 454 g/mol. The highest BCUT2D eigenvalue weighted by Gasteiger charge is 2.47. The lowest BCUT2D eigenvalue weighted by Gasteiger charge is -2.26. The van der Waals surface area contributed by atoms with E-state index in [0.29, 0.717) is 30.2 Å². The van der Waals surface area contributed by atoms with Crippen LogP contribution in [0.1, 0.15) is 48.6 Å². The van der Waals surface area contributed by atoms with Gasteiger partial charge in [0.1, 0.15) is 17.3 Å². The third-order valence-electron chi connectivity index (χ3n) is 6.12. The van der Waals surface area contributed by atoms with E-state index in [1.165, 1.54) is 4.90 Å². The summed E-state index contributed by atoms with van der Waals surface area (Å²) in [6.07, 6.45) is 0.881. The number of aliphatic hydroxyl groups is 1. The summed E-state index contributed by atoms with van der Waals surface area (Å²) < 4.78 is 11.4. The molecule has 186 valence electrons. The number of Topliss-reactive ketones (excluding diaryl/α,β-unsaturated/α-hetero) is 1. The molecule has 3 aromatic rings. The van der Waals surface area contributed by atoms with Crippen molar-refractivity contribution < 1.29 is 24.2 Å². The van der Waals surface area contributed by atoms with Crippen LogP contribution in [0.2, 0.25) is 0 Å². The molecule has 3 aromatic carbocycles. The average Bonchev–Trinajstić information content (AvgIpc) is 3.13. The second kappa shape index (κ2) is 10.7. The summed E-state index contributed by atoms with van der Waals surface area (Å²) in [5, 5.41) is 11.4. The molecule has 1 fully saturated rings. The number of nitrogens with zero attached hydrogens (tertiary/aromatic N) is 1. The fourth-order valence-corrected chi connectivity index (χ4v) is 4.47. The van der Waals surface area contributed by atoms with Gasteiger partial charge in [0.25, 0.3) is 11.7 Å². The lowest BCUT2D eigenvalue weighted by Crippen LogP contribution is -2.29. The summed E-state index contributed by atoms with van der Waals surface area (Å²) >= 11 is 0. The van der Waals surface area contributed by atoms with Gasteiger partial charge in [0, 0.05) is 17.3 Å². The van der Waals surface area contributed by atoms with Crippen molar-refractivity contribution in [2.45, 2.75) is 40.2 Å². The predicted molar refractivity (Wildman–Crippen MR) is 141 cm³/mol. The molecule has 1 aliphatic rings. The lowest BCUT2D eigenvalue weighted by molar-refractivity contribution is -0.132. The van der Waals surface area contributed by atoms with Crippen molar-refractivity contribution in [3.8, 4) is 11.5 Å². The van der Waals surface area contributed by atoms with Crippen LogP contribution >= 0.6 is 0 Å². The highest BCUT2D eigenvalue weighted by molar-refractivity contribution is 6.51. The third-order valence-corrected chi connectivity index (χ3v) is 6.12. The summed E-state index contributed by atoms with van der Waals surface area (Å²) in [5.74, 6) is -0.329. The van der Waals surface area contributed by atoms with Gasteiger partial charge >= 0.3 is 0 Å². The van der Waals surface area contributed by atoms with E-state index in [0.717, 1.165) is 28.9 Å². The largest absolute Gasteiger partial charge is 0.507 e. The molecule has 0 aliphatic carbocycles. The van der Waals surface area contributed by atoms with Crippen LogP contribution in [-0.2, 0) is 9.59 Å². The van der Waals surface area contributed by atoms with Crippen LogP contribution < -0.4 is 14.4 Å². The fourth-order valence-electron chi connectivity index (χ4n) is 4.47. The van der Waals surface area contributed by atoms with Crippen molar-refractivity contribution >= 4 is 23.1 Å². The highest BCUT2D eigenvalue weighted by Crippen LogP contribution is 2.43. The lowest BCUT2D eigenvalue weighted by atomic mass is 9.94. The van der Waals surface area contributed by atoms with Crippen LogP contribution in [0.15, 0.2) is 72.3 Å². The molecule has 1 unspecified atom stereocenters. The van der Waals surface area contributed by atoms with Crippen LogP contribution in [-0.4, -0.2) is 30.0 Å². The van der Waals surface area contributed by atoms with E-state index in [2.05, 4.69) is 0 Å². The molecule has 1 heterocycles. The second-order valence-corrected chi connectivity index (χ2v) is 8.84. The number of hydrogen-bond donors (Lipinski definition) is 1. The number of aryl methyl sites for hydroxylation is 2. The quantitative estimate of drug-likeness (QED) is 0.236. The molecule has 1 saturated heterocycles. The molecule has 0 aromatic heterocycles. The zero-order valence-corrected chi connectivity index (χ0v) is 21.1. The molecule has 36 heavy (non-hydrogen) atoms. The van der Waals surface area contributed by atoms with Gasteiger partial charge in [-0.1, -0.05) is 42.8 Å². The average molecular weight is 486 g/mol. The summed E-state index contributed by atoms with van der Waals surface area (Å²) in [4.78, 5) is 28.3. The van der Waals surface area contributed by atoms with Crippen molar-refractivity contribution in [1.29, 1.82) is 0 Å². The molecule has 6 nitrogen and oxygen atoms in total. The van der Waals surface area contributed by atoms with Gasteiger partial charge < -0.3 is 14.6 Å². The smallest absolute Gasteiger partial charge is 0.300 e. The number of carbonyl (C=O) groups is 2. The molecule has 1 aliphatic heterocycles. The minimum Gasteiger partial charge on any atom is -0.507 e. The Morgan fingerprint density at radius 2 is 1.72 bits per heavy atom. The molecule has 0 spiro atoms. The van der Waals surface area contributed by atoms with Crippen molar-refractivity contribution in [3.05, 3.63) is 94.6 Å². The molecule has 1 N–H and O–H groups in total. The van der Waals surface area contributed by atoms with E-state index in [1.807, 2.05) is 52.0 Å². The first-order valence-electron chi connectivity index (χ1n) is 12.2. The van der Waals surface area contributed by atoms with E-state index in [-0.39, 0.29) is 11.3 Å². The van der Waals surface area contributed by atoms with E-state index in [9.17, 15) is 14.7 Å². The maximum absolute atomic E-state index is 13.4. The van der Waals surface area contributed by atoms with Crippen LogP contribution in [0.3, 0.4) is 0 Å². The Labute approximate surface area is 211 Å². The van der Waals surface area contributed by atoms with Crippen LogP contribution in [0.5, 0.6) is 11.5 Å². The number of ketones is 1. The van der Waals surface area contributed by atoms with Crippen molar-refractivity contribution in [1.82, 2.24) is 0 Å². The maximum Gasteiger partial charge on any atom is 0.300 e. The van der Waals surface area contributed by atoms with E-state index >= 15 is 0 Å². The molecule has 6 heteroatoms. The number of amides is 1. The van der Waals surface area contributed by atoms with E-state index in [1.54, 1.807) is 42.5 Å². The molecule has 0 saturated carbocycles. The summed E-state index contributed by atoms with van der Waals surface area (Å²) in [7, 11) is 0. The highest BCUT2D eigenvalue weighted by atomic mass is 16.5. The summed E-state index contributed by atoms with van der Waals surface area (Å²) in [6.45, 7) is 8.81. The summed E-state index contributed by atoms with van der Waals surface area (Å²) in [5.41, 5.74) is 3.57. The fraction of sp³-hybridized carbons (Fsp3) is 0.267. The number of ether oxygens (including phenoxy) is 2. The Balaban J connectivity index is 1.87. The normalized spacial score (nSPS) is 16.9. The Bertz CT molecular complexity index is 1330. The molecule has 0 bridgehead atoms. The first-order valence-corrected chi connectivity index (χ1v) is 12.2. The molecule has 1 atom stereocenters. The standard InChI is InChI=1S/C30H31NO5/c1-5-15-36-25-14-13-22(17-20(25)4)28(32)26-27(21-10-7-9-19(3)16-21)31(30(34)29(26)33)23-11-8-12-24(18-23)35-6-2/h7-14,16-18,27,32H,5-6,15H2,1-4H3/b28-26+. The Hall–Kier alpha value is -4.06. The van der Waals surface area contributed by atoms with Gasteiger partial charge in [-0.25, -0.2) is 0 Å². The van der Waals surface area contributed by atoms with E-state index in [4.69, 9.17) is 9.47 Å². The van der Waals surface area contributed by atoms with Gasteiger partial charge in [-0.2, -0.15) is 0 Å². The molecular formula is C30H31NO5. The van der Waals surface area contributed by atoms with Crippen LogP contribution in [0.4, 0.5) is 5.69 Å². The Morgan fingerprint density at radius 1 is 0.944 bits per heavy atom. The van der Waals surface area contributed by atoms with Gasteiger partial charge in [0.05, 0.1) is 24.8 Å². The number of benzene rings is 3. The van der Waals surface area contributed by atoms with Crippen molar-refractivity contribution in [3.63, 3.8) is 0 Å². The first-order chi connectivity index (χ1) is 17.3. The monoisotopic (exact) mass is 485 g/mol. The number of carbonyl (C=O) groups excluding carboxylic acids is 2. The maximum atomic E-state index is 13.4. The van der Waals surface area contributed by atoms with Gasteiger partial charge in [-0.05, 0) is 68.7 Å². The second-order valence-electron chi connectivity index (χ2n) is 8.84. The van der Waals surface area contributed by atoms with Crippen molar-refractivity contribution in [2.75, 3.05) is 18.1 Å².